The van der Waals surface area contributed by atoms with E-state index in [-0.39, 0.29) is 11.5 Å². The summed E-state index contributed by atoms with van der Waals surface area (Å²) >= 11 is 0. The number of hydrogen-bond donors (Lipinski definition) is 2. The van der Waals surface area contributed by atoms with Crippen molar-refractivity contribution >= 4 is 17.6 Å². The third kappa shape index (κ3) is 3.67. The first-order valence-electron chi connectivity index (χ1n) is 6.08. The number of likely N-dealkylation sites (N-methyl/N-ethyl adjacent to an activating group) is 1. The molecule has 6 nitrogen and oxygen atoms in total. The molecule has 1 unspecified atom stereocenters. The zero-order valence-electron chi connectivity index (χ0n) is 11.6. The van der Waals surface area contributed by atoms with Gasteiger partial charge in [0.1, 0.15) is 11.6 Å². The smallest absolute Gasteiger partial charge is 0.339 e. The highest BCUT2D eigenvalue weighted by Crippen LogP contribution is 2.17. The predicted molar refractivity (Wildman–Crippen MR) is 72.3 cm³/mol. The third-order valence-electron chi connectivity index (χ3n) is 2.86. The van der Waals surface area contributed by atoms with E-state index in [2.05, 4.69) is 10.3 Å². The van der Waals surface area contributed by atoms with Crippen molar-refractivity contribution in [2.75, 3.05) is 18.9 Å². The lowest BCUT2D eigenvalue weighted by Crippen LogP contribution is -2.39. The molecule has 0 saturated heterocycles. The van der Waals surface area contributed by atoms with Crippen LogP contribution in [0.15, 0.2) is 12.3 Å². The zero-order valence-corrected chi connectivity index (χ0v) is 11.6. The Kier molecular flexibility index (Phi) is 4.86. The monoisotopic (exact) mass is 265 g/mol. The Morgan fingerprint density at radius 2 is 2.16 bits per heavy atom. The van der Waals surface area contributed by atoms with Gasteiger partial charge in [0, 0.05) is 25.5 Å². The van der Waals surface area contributed by atoms with Crippen LogP contribution in [0.1, 0.15) is 29.9 Å². The number of carboxylic acid groups (broad SMARTS) is 1. The van der Waals surface area contributed by atoms with E-state index in [1.165, 1.54) is 6.20 Å². The number of amides is 1. The molecule has 2 N–H and O–H groups in total. The Labute approximate surface area is 112 Å². The van der Waals surface area contributed by atoms with Gasteiger partial charge in [-0.15, -0.1) is 0 Å². The van der Waals surface area contributed by atoms with E-state index in [4.69, 9.17) is 5.11 Å². The van der Waals surface area contributed by atoms with Crippen LogP contribution in [0.4, 0.5) is 5.69 Å². The van der Waals surface area contributed by atoms with Gasteiger partial charge in [0.05, 0.1) is 5.69 Å². The van der Waals surface area contributed by atoms with Gasteiger partial charge in [0.25, 0.3) is 0 Å². The van der Waals surface area contributed by atoms with Crippen molar-refractivity contribution in [1.29, 1.82) is 0 Å². The second-order valence-corrected chi connectivity index (χ2v) is 4.39. The number of aromatic carboxylic acids is 1. The molecule has 1 aromatic heterocycles. The lowest BCUT2D eigenvalue weighted by Gasteiger charge is -2.22. The average molecular weight is 265 g/mol. The quantitative estimate of drug-likeness (QED) is 0.840. The van der Waals surface area contributed by atoms with E-state index in [9.17, 15) is 9.59 Å². The number of carboxylic acids is 1. The summed E-state index contributed by atoms with van der Waals surface area (Å²) in [5, 5.41) is 12.0. The van der Waals surface area contributed by atoms with Gasteiger partial charge in [0.2, 0.25) is 5.91 Å². The van der Waals surface area contributed by atoms with Gasteiger partial charge < -0.3 is 15.3 Å². The van der Waals surface area contributed by atoms with Gasteiger partial charge in [-0.3, -0.25) is 9.78 Å². The lowest BCUT2D eigenvalue weighted by molar-refractivity contribution is -0.130. The molecule has 104 valence electrons. The molecular weight excluding hydrogens is 246 g/mol. The number of aryl methyl sites for hydroxylation is 1. The van der Waals surface area contributed by atoms with Gasteiger partial charge in [-0.05, 0) is 26.8 Å². The number of hydrogen-bond acceptors (Lipinski definition) is 4. The second kappa shape index (κ2) is 6.17. The number of nitrogens with zero attached hydrogens (tertiary/aromatic N) is 2. The second-order valence-electron chi connectivity index (χ2n) is 4.39. The van der Waals surface area contributed by atoms with Crippen LogP contribution in [0, 0.1) is 6.92 Å². The van der Waals surface area contributed by atoms with Gasteiger partial charge >= 0.3 is 5.97 Å². The van der Waals surface area contributed by atoms with Crippen molar-refractivity contribution in [3.8, 4) is 0 Å². The number of pyridine rings is 1. The van der Waals surface area contributed by atoms with Crippen LogP contribution in [0.5, 0.6) is 0 Å². The van der Waals surface area contributed by atoms with Crippen LogP contribution >= 0.6 is 0 Å². The summed E-state index contributed by atoms with van der Waals surface area (Å²) in [6, 6.07) is 1.13. The molecule has 0 spiro atoms. The highest BCUT2D eigenvalue weighted by molar-refractivity contribution is 5.95. The number of aromatic nitrogens is 1. The molecule has 1 rings (SSSR count). The fourth-order valence-electron chi connectivity index (χ4n) is 1.63. The molecule has 0 aromatic carbocycles. The fourth-order valence-corrected chi connectivity index (χ4v) is 1.63. The minimum atomic E-state index is -1.07. The average Bonchev–Trinajstić information content (AvgIpc) is 2.36. The Bertz CT molecular complexity index is 488. The first-order valence-corrected chi connectivity index (χ1v) is 6.08. The van der Waals surface area contributed by atoms with Gasteiger partial charge in [-0.1, -0.05) is 0 Å². The van der Waals surface area contributed by atoms with Crippen molar-refractivity contribution in [2.24, 2.45) is 0 Å². The molecule has 0 fully saturated rings. The van der Waals surface area contributed by atoms with Crippen LogP contribution in [0.3, 0.4) is 0 Å². The summed E-state index contributed by atoms with van der Waals surface area (Å²) in [4.78, 5) is 28.6. The van der Waals surface area contributed by atoms with E-state index in [0.717, 1.165) is 0 Å². The molecule has 0 aliphatic heterocycles. The van der Waals surface area contributed by atoms with Crippen LogP contribution in [-0.4, -0.2) is 46.5 Å². The molecule has 1 aromatic rings. The van der Waals surface area contributed by atoms with E-state index >= 15 is 0 Å². The SMILES string of the molecule is CCN(C)C(=O)C(C)Nc1cc(C)ncc1C(=O)O. The number of nitrogens with one attached hydrogen (secondary N) is 1. The van der Waals surface area contributed by atoms with E-state index in [1.54, 1.807) is 31.9 Å². The highest BCUT2D eigenvalue weighted by atomic mass is 16.4. The Balaban J connectivity index is 2.95. The van der Waals surface area contributed by atoms with Crippen LogP contribution < -0.4 is 5.32 Å². The summed E-state index contributed by atoms with van der Waals surface area (Å²) in [7, 11) is 1.70. The van der Waals surface area contributed by atoms with E-state index in [0.29, 0.717) is 17.9 Å². The summed E-state index contributed by atoms with van der Waals surface area (Å²) in [5.74, 6) is -1.16. The molecular formula is C13H19N3O3. The Hall–Kier alpha value is -2.11. The minimum Gasteiger partial charge on any atom is -0.478 e. The first kappa shape index (κ1) is 14.9. The van der Waals surface area contributed by atoms with Crippen LogP contribution in [0.2, 0.25) is 0 Å². The van der Waals surface area contributed by atoms with E-state index < -0.39 is 12.0 Å². The first-order chi connectivity index (χ1) is 8.86. The van der Waals surface area contributed by atoms with Crippen molar-refractivity contribution in [3.63, 3.8) is 0 Å². The number of carbonyl (C=O) groups is 2. The molecule has 0 aliphatic rings. The van der Waals surface area contributed by atoms with Gasteiger partial charge in [-0.25, -0.2) is 4.79 Å². The summed E-state index contributed by atoms with van der Waals surface area (Å²) in [5.41, 5.74) is 1.16. The molecule has 0 bridgehead atoms. The topological polar surface area (TPSA) is 82.5 Å². The maximum atomic E-state index is 11.9. The predicted octanol–water partition coefficient (Wildman–Crippen LogP) is 1.37. The van der Waals surface area contributed by atoms with Gasteiger partial charge in [0.15, 0.2) is 0 Å². The number of carbonyl (C=O) groups excluding carboxylic acids is 1. The molecule has 1 heterocycles. The maximum Gasteiger partial charge on any atom is 0.339 e. The minimum absolute atomic E-state index is 0.0596. The van der Waals surface area contributed by atoms with Gasteiger partial charge in [-0.2, -0.15) is 0 Å². The molecule has 0 aliphatic carbocycles. The fraction of sp³-hybridized carbons (Fsp3) is 0.462. The van der Waals surface area contributed by atoms with E-state index in [1.807, 2.05) is 6.92 Å². The summed E-state index contributed by atoms with van der Waals surface area (Å²) in [6.45, 7) is 5.95. The van der Waals surface area contributed by atoms with Crippen molar-refractivity contribution in [3.05, 3.63) is 23.5 Å². The van der Waals surface area contributed by atoms with Crippen molar-refractivity contribution in [1.82, 2.24) is 9.88 Å². The summed E-state index contributed by atoms with van der Waals surface area (Å²) < 4.78 is 0. The largest absolute Gasteiger partial charge is 0.478 e. The van der Waals surface area contributed by atoms with Crippen molar-refractivity contribution in [2.45, 2.75) is 26.8 Å². The molecule has 19 heavy (non-hydrogen) atoms. The molecule has 1 atom stereocenters. The van der Waals surface area contributed by atoms with Crippen molar-refractivity contribution < 1.29 is 14.7 Å². The normalized spacial score (nSPS) is 11.8. The lowest BCUT2D eigenvalue weighted by atomic mass is 10.2. The number of anilines is 1. The maximum absolute atomic E-state index is 11.9. The third-order valence-corrected chi connectivity index (χ3v) is 2.86. The standard InChI is InChI=1S/C13H19N3O3/c1-5-16(4)12(17)9(3)15-11-6-8(2)14-7-10(11)13(18)19/h6-7,9H,5H2,1-4H3,(H,14,15)(H,18,19). The molecule has 0 radical (unpaired) electrons. The molecule has 1 amide bonds. The number of rotatable bonds is 5. The van der Waals surface area contributed by atoms with Crippen LogP contribution in [-0.2, 0) is 4.79 Å². The molecule has 6 heteroatoms. The molecule has 0 saturated carbocycles. The summed E-state index contributed by atoms with van der Waals surface area (Å²) in [6.07, 6.45) is 1.29. The Morgan fingerprint density at radius 3 is 2.68 bits per heavy atom. The highest BCUT2D eigenvalue weighted by Gasteiger charge is 2.19. The van der Waals surface area contributed by atoms with Crippen LogP contribution in [0.25, 0.3) is 0 Å². The zero-order chi connectivity index (χ0) is 14.6. The Morgan fingerprint density at radius 1 is 1.53 bits per heavy atom.